The summed E-state index contributed by atoms with van der Waals surface area (Å²) in [7, 11) is -9.50. The molecule has 3 aromatic rings. The summed E-state index contributed by atoms with van der Waals surface area (Å²) in [5.41, 5.74) is -6.13. The zero-order chi connectivity index (χ0) is 29.5. The summed E-state index contributed by atoms with van der Waals surface area (Å²) < 4.78 is 90.1. The number of nitrogens with one attached hydrogen (secondary N) is 1. The highest BCUT2D eigenvalue weighted by atomic mass is 32.2. The topological polar surface area (TPSA) is 134 Å². The lowest BCUT2D eigenvalue weighted by molar-refractivity contribution is -0.123. The molecule has 4 rings (SSSR count). The lowest BCUT2D eigenvalue weighted by Gasteiger charge is -2.28. The Morgan fingerprint density at radius 3 is 2.15 bits per heavy atom. The van der Waals surface area contributed by atoms with Gasteiger partial charge >= 0.3 is 11.5 Å². The van der Waals surface area contributed by atoms with Crippen LogP contribution >= 0.6 is 0 Å². The van der Waals surface area contributed by atoms with Crippen LogP contribution < -0.4 is 9.62 Å². The van der Waals surface area contributed by atoms with Gasteiger partial charge in [-0.15, -0.1) is 0 Å². The van der Waals surface area contributed by atoms with Gasteiger partial charge in [-0.25, -0.2) is 26.5 Å². The van der Waals surface area contributed by atoms with Crippen LogP contribution in [0.15, 0.2) is 78.0 Å². The molecule has 0 unspecified atom stereocenters. The molecule has 0 saturated carbocycles. The monoisotopic (exact) mass is 596 g/mol. The Morgan fingerprint density at radius 2 is 1.55 bits per heavy atom. The van der Waals surface area contributed by atoms with Gasteiger partial charge in [-0.05, 0) is 55.3 Å². The molecule has 2 heterocycles. The zero-order valence-corrected chi connectivity index (χ0v) is 22.7. The van der Waals surface area contributed by atoms with Crippen LogP contribution in [0.1, 0.15) is 25.0 Å². The Morgan fingerprint density at radius 1 is 0.925 bits per heavy atom. The Bertz CT molecular complexity index is 1660. The summed E-state index contributed by atoms with van der Waals surface area (Å²) in [5, 5.41) is 0. The largest absolute Gasteiger partial charge is 0.501 e. The van der Waals surface area contributed by atoms with Crippen molar-refractivity contribution >= 4 is 43.2 Å². The summed E-state index contributed by atoms with van der Waals surface area (Å²) in [4.78, 5) is 31.4. The van der Waals surface area contributed by atoms with Crippen molar-refractivity contribution < 1.29 is 39.6 Å². The number of carbonyl (C=O) groups is 2. The number of halogens is 3. The molecule has 1 fully saturated rings. The predicted octanol–water partition coefficient (Wildman–Crippen LogP) is 4.06. The van der Waals surface area contributed by atoms with Gasteiger partial charge in [-0.3, -0.25) is 14.5 Å². The molecule has 0 aliphatic carbocycles. The minimum Gasteiger partial charge on any atom is -0.305 e. The molecule has 0 spiro atoms. The highest BCUT2D eigenvalue weighted by Crippen LogP contribution is 2.36. The summed E-state index contributed by atoms with van der Waals surface area (Å²) in [6.07, 6.45) is 2.65. The van der Waals surface area contributed by atoms with Crippen LogP contribution in [0, 0.1) is 0 Å². The van der Waals surface area contributed by atoms with Crippen molar-refractivity contribution in [3.63, 3.8) is 0 Å². The molecular formula is C25H23F3N4O6S2. The highest BCUT2D eigenvalue weighted by Gasteiger charge is 2.52. The smallest absolute Gasteiger partial charge is 0.305 e. The van der Waals surface area contributed by atoms with Crippen LogP contribution in [0.25, 0.3) is 0 Å². The number of benzene rings is 2. The summed E-state index contributed by atoms with van der Waals surface area (Å²) in [5.74, 6) is -1.04. The summed E-state index contributed by atoms with van der Waals surface area (Å²) in [6, 6.07) is 12.3. The number of anilines is 2. The third-order valence-corrected chi connectivity index (χ3v) is 8.98. The first-order chi connectivity index (χ1) is 18.5. The molecule has 1 aliphatic heterocycles. The maximum Gasteiger partial charge on any atom is 0.501 e. The van der Waals surface area contributed by atoms with Crippen LogP contribution in [0.5, 0.6) is 0 Å². The van der Waals surface area contributed by atoms with Gasteiger partial charge in [0, 0.05) is 6.20 Å². The lowest BCUT2D eigenvalue weighted by Crippen LogP contribution is -2.43. The van der Waals surface area contributed by atoms with Crippen molar-refractivity contribution in [3.8, 4) is 0 Å². The van der Waals surface area contributed by atoms with E-state index in [0.717, 1.165) is 17.0 Å². The molecule has 3 amide bonds. The Kier molecular flexibility index (Phi) is 7.40. The number of amides is 3. The molecule has 1 aliphatic rings. The second-order valence-electron chi connectivity index (χ2n) is 9.39. The van der Waals surface area contributed by atoms with Gasteiger partial charge in [0.15, 0.2) is 0 Å². The van der Waals surface area contributed by atoms with E-state index in [1.807, 2.05) is 0 Å². The number of hydrogen-bond acceptors (Lipinski definition) is 7. The van der Waals surface area contributed by atoms with Crippen molar-refractivity contribution in [1.82, 2.24) is 9.88 Å². The number of sulfone groups is 1. The van der Waals surface area contributed by atoms with Crippen LogP contribution in [-0.4, -0.2) is 49.7 Å². The number of alkyl halides is 3. The summed E-state index contributed by atoms with van der Waals surface area (Å²) >= 11 is 0. The fraction of sp³-hybridized carbons (Fsp3) is 0.240. The second-order valence-corrected chi connectivity index (χ2v) is 13.1. The quantitative estimate of drug-likeness (QED) is 0.388. The van der Waals surface area contributed by atoms with Crippen molar-refractivity contribution in [2.45, 2.75) is 42.1 Å². The van der Waals surface area contributed by atoms with Crippen molar-refractivity contribution in [3.05, 3.63) is 84.2 Å². The number of nitrogens with zero attached hydrogens (tertiary/aromatic N) is 3. The molecule has 1 saturated heterocycles. The highest BCUT2D eigenvalue weighted by molar-refractivity contribution is 7.92. The van der Waals surface area contributed by atoms with E-state index in [0.29, 0.717) is 23.3 Å². The van der Waals surface area contributed by atoms with Gasteiger partial charge in [0.2, 0.25) is 10.0 Å². The number of carbonyl (C=O) groups excluding carboxylic acids is 2. The second kappa shape index (κ2) is 10.2. The maximum atomic E-state index is 13.4. The SMILES string of the molecule is CC1(C)C(=O)N(c2ccc(S(=O)(=O)C(F)(F)F)cc2)C(=O)N1Cc1ccncc1NS(=O)(=O)Cc1ccccc1. The van der Waals surface area contributed by atoms with Gasteiger partial charge in [-0.2, -0.15) is 13.2 Å². The van der Waals surface area contributed by atoms with E-state index in [1.165, 1.54) is 37.2 Å². The number of urea groups is 1. The fourth-order valence-electron chi connectivity index (χ4n) is 4.06. The van der Waals surface area contributed by atoms with Gasteiger partial charge in [0.1, 0.15) is 5.54 Å². The van der Waals surface area contributed by atoms with Crippen LogP contribution in [-0.2, 0) is 37.0 Å². The number of aromatic nitrogens is 1. The van der Waals surface area contributed by atoms with Crippen molar-refractivity contribution in [2.24, 2.45) is 0 Å². The van der Waals surface area contributed by atoms with E-state index in [4.69, 9.17) is 0 Å². The molecule has 1 aromatic heterocycles. The number of sulfonamides is 1. The fourth-order valence-corrected chi connectivity index (χ4v) is 6.04. The van der Waals surface area contributed by atoms with Gasteiger partial charge in [-0.1, -0.05) is 30.3 Å². The Balaban J connectivity index is 1.60. The Hall–Kier alpha value is -3.98. The summed E-state index contributed by atoms with van der Waals surface area (Å²) in [6.45, 7) is 2.69. The van der Waals surface area contributed by atoms with Crippen LogP contribution in [0.3, 0.4) is 0 Å². The van der Waals surface area contributed by atoms with E-state index in [2.05, 4.69) is 9.71 Å². The molecular weight excluding hydrogens is 573 g/mol. The zero-order valence-electron chi connectivity index (χ0n) is 21.1. The van der Waals surface area contributed by atoms with Crippen LogP contribution in [0.2, 0.25) is 0 Å². The predicted molar refractivity (Wildman–Crippen MR) is 139 cm³/mol. The Labute approximate surface area is 228 Å². The molecule has 0 bridgehead atoms. The van der Waals surface area contributed by atoms with E-state index in [9.17, 15) is 39.6 Å². The number of pyridine rings is 1. The maximum absolute atomic E-state index is 13.4. The molecule has 10 nitrogen and oxygen atoms in total. The van der Waals surface area contributed by atoms with E-state index >= 15 is 0 Å². The minimum atomic E-state index is -5.62. The lowest BCUT2D eigenvalue weighted by atomic mass is 10.0. The number of hydrogen-bond donors (Lipinski definition) is 1. The molecule has 0 atom stereocenters. The molecule has 40 heavy (non-hydrogen) atoms. The molecule has 0 radical (unpaired) electrons. The van der Waals surface area contributed by atoms with Crippen LogP contribution in [0.4, 0.5) is 29.3 Å². The first-order valence-electron chi connectivity index (χ1n) is 11.6. The standard InChI is InChI=1S/C25H23F3N4O6S2/c1-24(2)22(33)32(19-8-10-20(11-9-19)40(37,38)25(26,27)28)23(34)31(24)15-18-12-13-29-14-21(18)30-39(35,36)16-17-6-4-3-5-7-17/h3-14,30H,15-16H2,1-2H3. The van der Waals surface area contributed by atoms with E-state index in [1.54, 1.807) is 30.3 Å². The van der Waals surface area contributed by atoms with E-state index in [-0.39, 0.29) is 23.7 Å². The van der Waals surface area contributed by atoms with Gasteiger partial charge < -0.3 is 4.90 Å². The molecule has 1 N–H and O–H groups in total. The first kappa shape index (κ1) is 29.0. The average molecular weight is 597 g/mol. The van der Waals surface area contributed by atoms with Crippen molar-refractivity contribution in [1.29, 1.82) is 0 Å². The number of imide groups is 1. The van der Waals surface area contributed by atoms with Gasteiger partial charge in [0.25, 0.3) is 15.7 Å². The van der Waals surface area contributed by atoms with Gasteiger partial charge in [0.05, 0.1) is 34.8 Å². The normalized spacial score (nSPS) is 15.9. The third kappa shape index (κ3) is 5.51. The average Bonchev–Trinajstić information content (AvgIpc) is 3.03. The minimum absolute atomic E-state index is 0.0923. The molecule has 212 valence electrons. The third-order valence-electron chi connectivity index (χ3n) is 6.24. The molecule has 15 heteroatoms. The number of rotatable bonds is 8. The first-order valence-corrected chi connectivity index (χ1v) is 14.7. The molecule has 2 aromatic carbocycles. The van der Waals surface area contributed by atoms with Crippen molar-refractivity contribution in [2.75, 3.05) is 9.62 Å². The van der Waals surface area contributed by atoms with E-state index < -0.39 is 47.7 Å².